The Morgan fingerprint density at radius 2 is 1.70 bits per heavy atom. The van der Waals surface area contributed by atoms with E-state index < -0.39 is 0 Å². The van der Waals surface area contributed by atoms with Gasteiger partial charge in [-0.25, -0.2) is 0 Å². The Morgan fingerprint density at radius 1 is 0.970 bits per heavy atom. The average molecular weight is 476 g/mol. The normalized spacial score (nSPS) is 14.4. The number of anilines is 1. The van der Waals surface area contributed by atoms with Crippen molar-refractivity contribution in [3.05, 3.63) is 47.0 Å². The fraction of sp³-hybridized carbons (Fsp3) is 0.417. The number of halogens is 1. The molecule has 33 heavy (non-hydrogen) atoms. The molecule has 1 N–H and O–H groups in total. The van der Waals surface area contributed by atoms with Gasteiger partial charge in [0.1, 0.15) is 0 Å². The Hall–Kier alpha value is -2.97. The van der Waals surface area contributed by atoms with E-state index in [2.05, 4.69) is 10.2 Å². The van der Waals surface area contributed by atoms with E-state index in [0.29, 0.717) is 66.1 Å². The minimum atomic E-state index is -0.111. The first-order valence-corrected chi connectivity index (χ1v) is 11.2. The topological polar surface area (TPSA) is 80.3 Å². The third-order valence-electron chi connectivity index (χ3n) is 5.55. The first-order chi connectivity index (χ1) is 15.9. The Labute approximate surface area is 199 Å². The molecule has 2 amide bonds. The van der Waals surface area contributed by atoms with Crippen molar-refractivity contribution in [2.45, 2.75) is 12.8 Å². The standard InChI is InChI=1S/C24H30ClN3O5/c1-31-20-15-19(16-21(32-2)23(20)33-3)26-22(29)8-11-27-9-5-10-28(13-12-27)24(30)17-6-4-7-18(25)14-17/h4,6-7,14-16H,5,8-13H2,1-3H3,(H,26,29). The second-order valence-corrected chi connectivity index (χ2v) is 8.15. The van der Waals surface area contributed by atoms with Gasteiger partial charge in [-0.3, -0.25) is 9.59 Å². The van der Waals surface area contributed by atoms with Crippen LogP contribution in [0.15, 0.2) is 36.4 Å². The van der Waals surface area contributed by atoms with Gasteiger partial charge in [0.15, 0.2) is 11.5 Å². The Bertz CT molecular complexity index is 959. The van der Waals surface area contributed by atoms with Crippen molar-refractivity contribution in [1.82, 2.24) is 9.80 Å². The summed E-state index contributed by atoms with van der Waals surface area (Å²) in [4.78, 5) is 29.4. The summed E-state index contributed by atoms with van der Waals surface area (Å²) in [5.74, 6) is 1.30. The quantitative estimate of drug-likeness (QED) is 0.629. The fourth-order valence-electron chi connectivity index (χ4n) is 3.84. The Morgan fingerprint density at radius 3 is 2.33 bits per heavy atom. The van der Waals surface area contributed by atoms with Gasteiger partial charge in [0.2, 0.25) is 11.7 Å². The first-order valence-electron chi connectivity index (χ1n) is 10.8. The molecule has 8 nitrogen and oxygen atoms in total. The summed E-state index contributed by atoms with van der Waals surface area (Å²) in [6, 6.07) is 10.4. The zero-order valence-corrected chi connectivity index (χ0v) is 20.0. The molecule has 0 aliphatic carbocycles. The van der Waals surface area contributed by atoms with Crippen molar-refractivity contribution in [3.8, 4) is 17.2 Å². The summed E-state index contributed by atoms with van der Waals surface area (Å²) >= 11 is 6.02. The van der Waals surface area contributed by atoms with E-state index >= 15 is 0 Å². The SMILES string of the molecule is COc1cc(NC(=O)CCN2CCCN(C(=O)c3cccc(Cl)c3)CC2)cc(OC)c1OC. The van der Waals surface area contributed by atoms with Gasteiger partial charge in [-0.1, -0.05) is 17.7 Å². The zero-order valence-electron chi connectivity index (χ0n) is 19.2. The number of carbonyl (C=O) groups is 2. The molecule has 0 atom stereocenters. The number of rotatable bonds is 8. The molecule has 0 aromatic heterocycles. The number of hydrogen-bond acceptors (Lipinski definition) is 6. The van der Waals surface area contributed by atoms with E-state index in [-0.39, 0.29) is 11.8 Å². The molecule has 0 radical (unpaired) electrons. The lowest BCUT2D eigenvalue weighted by Crippen LogP contribution is -2.36. The van der Waals surface area contributed by atoms with Crippen LogP contribution in [0.1, 0.15) is 23.2 Å². The highest BCUT2D eigenvalue weighted by Gasteiger charge is 2.21. The number of ether oxygens (including phenoxy) is 3. The Kier molecular flexibility index (Phi) is 8.79. The minimum Gasteiger partial charge on any atom is -0.493 e. The van der Waals surface area contributed by atoms with Crippen molar-refractivity contribution in [2.24, 2.45) is 0 Å². The molecule has 1 heterocycles. The molecule has 0 saturated carbocycles. The number of carbonyl (C=O) groups excluding carboxylic acids is 2. The van der Waals surface area contributed by atoms with Crippen LogP contribution in [0.4, 0.5) is 5.69 Å². The van der Waals surface area contributed by atoms with Gasteiger partial charge in [-0.2, -0.15) is 0 Å². The van der Waals surface area contributed by atoms with Crippen molar-refractivity contribution in [3.63, 3.8) is 0 Å². The van der Waals surface area contributed by atoms with Crippen LogP contribution in [-0.2, 0) is 4.79 Å². The zero-order chi connectivity index (χ0) is 23.8. The van der Waals surface area contributed by atoms with Crippen LogP contribution < -0.4 is 19.5 Å². The molecule has 2 aromatic carbocycles. The summed E-state index contributed by atoms with van der Waals surface area (Å²) in [7, 11) is 4.59. The van der Waals surface area contributed by atoms with E-state index in [4.69, 9.17) is 25.8 Å². The van der Waals surface area contributed by atoms with Gasteiger partial charge in [-0.05, 0) is 31.2 Å². The van der Waals surface area contributed by atoms with E-state index in [1.54, 1.807) is 36.4 Å². The molecule has 9 heteroatoms. The van der Waals surface area contributed by atoms with E-state index in [9.17, 15) is 9.59 Å². The number of nitrogens with zero attached hydrogens (tertiary/aromatic N) is 2. The van der Waals surface area contributed by atoms with E-state index in [1.165, 1.54) is 21.3 Å². The molecule has 1 aliphatic heterocycles. The van der Waals surface area contributed by atoms with E-state index in [1.807, 2.05) is 4.90 Å². The van der Waals surface area contributed by atoms with Gasteiger partial charge < -0.3 is 29.3 Å². The highest BCUT2D eigenvalue weighted by atomic mass is 35.5. The van der Waals surface area contributed by atoms with Crippen LogP contribution in [-0.4, -0.2) is 75.7 Å². The summed E-state index contributed by atoms with van der Waals surface area (Å²) in [5, 5.41) is 3.44. The summed E-state index contributed by atoms with van der Waals surface area (Å²) < 4.78 is 16.0. The molecular formula is C24H30ClN3O5. The molecule has 0 spiro atoms. The summed E-state index contributed by atoms with van der Waals surface area (Å²) in [6.45, 7) is 3.44. The molecule has 178 valence electrons. The maximum Gasteiger partial charge on any atom is 0.253 e. The van der Waals surface area contributed by atoms with Gasteiger partial charge in [0, 0.05) is 61.0 Å². The van der Waals surface area contributed by atoms with Gasteiger partial charge in [0.05, 0.1) is 21.3 Å². The Balaban J connectivity index is 1.52. The third kappa shape index (κ3) is 6.52. The highest BCUT2D eigenvalue weighted by molar-refractivity contribution is 6.30. The second kappa shape index (κ2) is 11.8. The summed E-state index contributed by atoms with van der Waals surface area (Å²) in [5.41, 5.74) is 1.17. The van der Waals surface area contributed by atoms with Crippen LogP contribution in [0.25, 0.3) is 0 Å². The largest absolute Gasteiger partial charge is 0.493 e. The lowest BCUT2D eigenvalue weighted by atomic mass is 10.2. The average Bonchev–Trinajstić information content (AvgIpc) is 3.07. The summed E-state index contributed by atoms with van der Waals surface area (Å²) in [6.07, 6.45) is 1.18. The van der Waals surface area contributed by atoms with Gasteiger partial charge in [0.25, 0.3) is 5.91 Å². The molecule has 3 rings (SSSR count). The number of hydrogen-bond donors (Lipinski definition) is 1. The number of nitrogens with one attached hydrogen (secondary N) is 1. The predicted octanol–water partition coefficient (Wildman–Crippen LogP) is 3.54. The van der Waals surface area contributed by atoms with Crippen molar-refractivity contribution in [1.29, 1.82) is 0 Å². The minimum absolute atomic E-state index is 0.0144. The lowest BCUT2D eigenvalue weighted by molar-refractivity contribution is -0.116. The van der Waals surface area contributed by atoms with Crippen molar-refractivity contribution in [2.75, 3.05) is 59.4 Å². The van der Waals surface area contributed by atoms with Crippen LogP contribution in [0.5, 0.6) is 17.2 Å². The first kappa shape index (κ1) is 24.7. The third-order valence-corrected chi connectivity index (χ3v) is 5.79. The van der Waals surface area contributed by atoms with Crippen LogP contribution in [0.2, 0.25) is 5.02 Å². The molecule has 0 unspecified atom stereocenters. The number of methoxy groups -OCH3 is 3. The molecule has 2 aromatic rings. The highest BCUT2D eigenvalue weighted by Crippen LogP contribution is 2.39. The predicted molar refractivity (Wildman–Crippen MR) is 128 cm³/mol. The van der Waals surface area contributed by atoms with Gasteiger partial charge in [-0.15, -0.1) is 0 Å². The lowest BCUT2D eigenvalue weighted by Gasteiger charge is -2.22. The molecule has 1 aliphatic rings. The molecule has 1 saturated heterocycles. The van der Waals surface area contributed by atoms with E-state index in [0.717, 1.165) is 13.0 Å². The van der Waals surface area contributed by atoms with Crippen LogP contribution >= 0.6 is 11.6 Å². The van der Waals surface area contributed by atoms with Crippen molar-refractivity contribution >= 4 is 29.1 Å². The van der Waals surface area contributed by atoms with Gasteiger partial charge >= 0.3 is 0 Å². The van der Waals surface area contributed by atoms with Crippen LogP contribution in [0, 0.1) is 0 Å². The molecule has 1 fully saturated rings. The smallest absolute Gasteiger partial charge is 0.253 e. The second-order valence-electron chi connectivity index (χ2n) is 7.71. The van der Waals surface area contributed by atoms with Crippen LogP contribution in [0.3, 0.4) is 0 Å². The molecular weight excluding hydrogens is 446 g/mol. The maximum atomic E-state index is 12.8. The monoisotopic (exact) mass is 475 g/mol. The van der Waals surface area contributed by atoms with Crippen molar-refractivity contribution < 1.29 is 23.8 Å². The maximum absolute atomic E-state index is 12.8. The number of amides is 2. The molecule has 0 bridgehead atoms. The number of benzene rings is 2. The fourth-order valence-corrected chi connectivity index (χ4v) is 4.03.